The third-order valence-electron chi connectivity index (χ3n) is 3.39. The minimum Gasteiger partial charge on any atom is -0.368 e. The average Bonchev–Trinajstić information content (AvgIpc) is 2.37. The molecule has 1 aromatic carbocycles. The zero-order valence-corrected chi connectivity index (χ0v) is 11.1. The van der Waals surface area contributed by atoms with Crippen molar-refractivity contribution in [2.75, 3.05) is 24.5 Å². The fraction of sp³-hybridized carbons (Fsp3) is 0.357. The van der Waals surface area contributed by atoms with Gasteiger partial charge in [-0.25, -0.2) is 0 Å². The maximum Gasteiger partial charge on any atom is 0.0737 e. The number of benzene rings is 1. The standard InChI is InChI=1S/C14H16ClN3/c1-10-9-18(7-6-16-10)14-4-5-17-13-8-11(15)2-3-12(13)14/h2-5,8,10,16H,6-7,9H2,1H3/t10-/m0/s1. The number of anilines is 1. The third kappa shape index (κ3) is 2.16. The van der Waals surface area contributed by atoms with Gasteiger partial charge < -0.3 is 10.2 Å². The summed E-state index contributed by atoms with van der Waals surface area (Å²) < 4.78 is 0. The predicted molar refractivity (Wildman–Crippen MR) is 76.4 cm³/mol. The molecule has 3 rings (SSSR count). The number of fused-ring (bicyclic) bond motifs is 1. The van der Waals surface area contributed by atoms with Gasteiger partial charge in [0.1, 0.15) is 0 Å². The molecule has 1 aliphatic rings. The van der Waals surface area contributed by atoms with Crippen LogP contribution in [0.2, 0.25) is 5.02 Å². The summed E-state index contributed by atoms with van der Waals surface area (Å²) in [5.41, 5.74) is 2.22. The van der Waals surface area contributed by atoms with Crippen molar-refractivity contribution >= 4 is 28.2 Å². The van der Waals surface area contributed by atoms with E-state index in [1.807, 2.05) is 18.3 Å². The summed E-state index contributed by atoms with van der Waals surface area (Å²) in [6.07, 6.45) is 1.86. The summed E-state index contributed by atoms with van der Waals surface area (Å²) in [6, 6.07) is 8.53. The van der Waals surface area contributed by atoms with Crippen molar-refractivity contribution in [3.05, 3.63) is 35.5 Å². The van der Waals surface area contributed by atoms with Gasteiger partial charge in [-0.05, 0) is 31.2 Å². The van der Waals surface area contributed by atoms with E-state index in [4.69, 9.17) is 11.6 Å². The zero-order valence-electron chi connectivity index (χ0n) is 10.4. The first-order valence-electron chi connectivity index (χ1n) is 6.26. The molecule has 1 aromatic heterocycles. The molecule has 0 radical (unpaired) electrons. The van der Waals surface area contributed by atoms with Crippen LogP contribution in [0.15, 0.2) is 30.5 Å². The van der Waals surface area contributed by atoms with Gasteiger partial charge in [-0.15, -0.1) is 0 Å². The van der Waals surface area contributed by atoms with Crippen LogP contribution in [0.5, 0.6) is 0 Å². The Bertz CT molecular complexity index is 570. The maximum atomic E-state index is 6.02. The summed E-state index contributed by atoms with van der Waals surface area (Å²) in [5, 5.41) is 5.37. The van der Waals surface area contributed by atoms with Crippen LogP contribution in [0.25, 0.3) is 10.9 Å². The van der Waals surface area contributed by atoms with Crippen molar-refractivity contribution in [2.24, 2.45) is 0 Å². The number of nitrogens with zero attached hydrogens (tertiary/aromatic N) is 2. The largest absolute Gasteiger partial charge is 0.368 e. The number of rotatable bonds is 1. The molecule has 1 N–H and O–H groups in total. The molecule has 3 nitrogen and oxygen atoms in total. The van der Waals surface area contributed by atoms with Gasteiger partial charge in [0.15, 0.2) is 0 Å². The van der Waals surface area contributed by atoms with Crippen molar-refractivity contribution in [3.8, 4) is 0 Å². The van der Waals surface area contributed by atoms with E-state index in [0.717, 1.165) is 30.2 Å². The van der Waals surface area contributed by atoms with Crippen LogP contribution in [-0.2, 0) is 0 Å². The van der Waals surface area contributed by atoms with Crippen LogP contribution >= 0.6 is 11.6 Å². The maximum absolute atomic E-state index is 6.02. The molecular weight excluding hydrogens is 246 g/mol. The van der Waals surface area contributed by atoms with Gasteiger partial charge in [-0.2, -0.15) is 0 Å². The monoisotopic (exact) mass is 261 g/mol. The van der Waals surface area contributed by atoms with Crippen molar-refractivity contribution in [1.29, 1.82) is 0 Å². The molecule has 1 atom stereocenters. The van der Waals surface area contributed by atoms with E-state index in [1.165, 1.54) is 11.1 Å². The number of hydrogen-bond donors (Lipinski definition) is 1. The Hall–Kier alpha value is -1.32. The molecule has 0 spiro atoms. The van der Waals surface area contributed by atoms with Gasteiger partial charge >= 0.3 is 0 Å². The molecule has 0 bridgehead atoms. The lowest BCUT2D eigenvalue weighted by molar-refractivity contribution is 0.485. The molecule has 0 amide bonds. The fourth-order valence-electron chi connectivity index (χ4n) is 2.53. The molecule has 1 aliphatic heterocycles. The minimum absolute atomic E-state index is 0.522. The minimum atomic E-state index is 0.522. The van der Waals surface area contributed by atoms with Crippen LogP contribution in [0.1, 0.15) is 6.92 Å². The van der Waals surface area contributed by atoms with E-state index >= 15 is 0 Å². The normalized spacial score (nSPS) is 20.3. The number of aromatic nitrogens is 1. The van der Waals surface area contributed by atoms with Crippen molar-refractivity contribution in [2.45, 2.75) is 13.0 Å². The van der Waals surface area contributed by atoms with Crippen molar-refractivity contribution in [1.82, 2.24) is 10.3 Å². The van der Waals surface area contributed by atoms with E-state index in [-0.39, 0.29) is 0 Å². The Balaban J connectivity index is 2.05. The Morgan fingerprint density at radius 2 is 2.28 bits per heavy atom. The smallest absolute Gasteiger partial charge is 0.0737 e. The van der Waals surface area contributed by atoms with Crippen molar-refractivity contribution < 1.29 is 0 Å². The van der Waals surface area contributed by atoms with E-state index in [2.05, 4.69) is 34.3 Å². The highest BCUT2D eigenvalue weighted by molar-refractivity contribution is 6.31. The van der Waals surface area contributed by atoms with Gasteiger partial charge in [0.05, 0.1) is 5.52 Å². The summed E-state index contributed by atoms with van der Waals surface area (Å²) >= 11 is 6.02. The first-order valence-corrected chi connectivity index (χ1v) is 6.64. The van der Waals surface area contributed by atoms with E-state index in [0.29, 0.717) is 6.04 Å². The highest BCUT2D eigenvalue weighted by atomic mass is 35.5. The molecule has 4 heteroatoms. The molecule has 0 aliphatic carbocycles. The second-order valence-corrected chi connectivity index (χ2v) is 5.23. The Morgan fingerprint density at radius 3 is 3.11 bits per heavy atom. The first-order chi connectivity index (χ1) is 8.74. The van der Waals surface area contributed by atoms with Crippen molar-refractivity contribution in [3.63, 3.8) is 0 Å². The highest BCUT2D eigenvalue weighted by Crippen LogP contribution is 2.27. The lowest BCUT2D eigenvalue weighted by atomic mass is 10.1. The molecule has 0 unspecified atom stereocenters. The van der Waals surface area contributed by atoms with Gasteiger partial charge in [-0.1, -0.05) is 11.6 Å². The molecule has 18 heavy (non-hydrogen) atoms. The van der Waals surface area contributed by atoms with Gasteiger partial charge in [0.25, 0.3) is 0 Å². The van der Waals surface area contributed by atoms with Crippen LogP contribution < -0.4 is 10.2 Å². The lowest BCUT2D eigenvalue weighted by Crippen LogP contribution is -2.49. The topological polar surface area (TPSA) is 28.2 Å². The zero-order chi connectivity index (χ0) is 12.5. The van der Waals surface area contributed by atoms with Gasteiger partial charge in [0.2, 0.25) is 0 Å². The summed E-state index contributed by atoms with van der Waals surface area (Å²) in [5.74, 6) is 0. The van der Waals surface area contributed by atoms with E-state index < -0.39 is 0 Å². The average molecular weight is 262 g/mol. The molecule has 0 saturated carbocycles. The Labute approximate surface area is 112 Å². The molecular formula is C14H16ClN3. The second kappa shape index (κ2) is 4.75. The molecule has 94 valence electrons. The number of hydrogen-bond acceptors (Lipinski definition) is 3. The second-order valence-electron chi connectivity index (χ2n) is 4.79. The van der Waals surface area contributed by atoms with Crippen LogP contribution in [0.3, 0.4) is 0 Å². The molecule has 1 saturated heterocycles. The predicted octanol–water partition coefficient (Wildman–Crippen LogP) is 2.69. The Morgan fingerprint density at radius 1 is 1.39 bits per heavy atom. The molecule has 2 heterocycles. The number of halogens is 1. The SMILES string of the molecule is C[C@H]1CN(c2ccnc3cc(Cl)ccc23)CCN1. The van der Waals surface area contributed by atoms with Gasteiger partial charge in [-0.3, -0.25) is 4.98 Å². The van der Waals surface area contributed by atoms with E-state index in [1.54, 1.807) is 0 Å². The number of nitrogens with one attached hydrogen (secondary N) is 1. The highest BCUT2D eigenvalue weighted by Gasteiger charge is 2.17. The summed E-state index contributed by atoms with van der Waals surface area (Å²) in [4.78, 5) is 6.81. The number of piperazine rings is 1. The van der Waals surface area contributed by atoms with Crippen LogP contribution in [-0.4, -0.2) is 30.7 Å². The lowest BCUT2D eigenvalue weighted by Gasteiger charge is -2.34. The summed E-state index contributed by atoms with van der Waals surface area (Å²) in [7, 11) is 0. The van der Waals surface area contributed by atoms with Crippen LogP contribution in [0, 0.1) is 0 Å². The van der Waals surface area contributed by atoms with Crippen LogP contribution in [0.4, 0.5) is 5.69 Å². The Kier molecular flexibility index (Phi) is 3.10. The number of pyridine rings is 1. The quantitative estimate of drug-likeness (QED) is 0.856. The molecule has 2 aromatic rings. The van der Waals surface area contributed by atoms with Gasteiger partial charge in [0, 0.05) is 48.0 Å². The fourth-order valence-corrected chi connectivity index (χ4v) is 2.70. The third-order valence-corrected chi connectivity index (χ3v) is 3.63. The molecule has 1 fully saturated rings. The first kappa shape index (κ1) is 11.8. The van der Waals surface area contributed by atoms with E-state index in [9.17, 15) is 0 Å². The summed E-state index contributed by atoms with van der Waals surface area (Å²) in [6.45, 7) is 5.30.